The van der Waals surface area contributed by atoms with Gasteiger partial charge >= 0.3 is 12.3 Å². The van der Waals surface area contributed by atoms with Crippen LogP contribution in [0.15, 0.2) is 66.7 Å². The molecule has 7 rings (SSSR count). The van der Waals surface area contributed by atoms with E-state index in [-0.39, 0.29) is 42.5 Å². The Hall–Kier alpha value is -5.39. The molecule has 3 N–H and O–H groups in total. The molecule has 3 heterocycles. The van der Waals surface area contributed by atoms with Crippen LogP contribution >= 0.6 is 0 Å². The summed E-state index contributed by atoms with van der Waals surface area (Å²) in [6.45, 7) is 4.40. The van der Waals surface area contributed by atoms with E-state index in [1.807, 2.05) is 49.4 Å². The summed E-state index contributed by atoms with van der Waals surface area (Å²) in [6.07, 6.45) is -2.84. The highest BCUT2D eigenvalue weighted by atomic mass is 32.2. The number of carbonyl (C=O) groups excluding carboxylic acids is 3. The number of amides is 4. The highest BCUT2D eigenvalue weighted by molar-refractivity contribution is 7.91. The van der Waals surface area contributed by atoms with Gasteiger partial charge in [-0.3, -0.25) is 24.0 Å². The molecule has 7 atom stereocenters. The molecule has 2 aliphatic heterocycles. The standard InChI is InChI=1S/C44H52F3N5O9S/c1-25-11-9-10-14-29-23-43(29,40(55)50-62(58,59)32-16-17-32)49-37(53)35-22-31(24-51(35)39(54)36(26(2)19-25)52(41(56)57)42(3,4)44(45,46)47)61-38-33-18-15-30(60-5)20-28(33)21-34(48-38)27-12-7-6-8-13-27/h6-8,10,12-15,18,20-21,25-26,29,31-32,35-36H,9,11,16-17,19,22-24H2,1-5H3,(H,49,53)(H,50,55)(H,56,57)/b14-10-/t25-,26+,29+,31+,35-,36-,43+/m0/s1. The highest BCUT2D eigenvalue weighted by Gasteiger charge is 2.63. The third kappa shape index (κ3) is 8.79. The van der Waals surface area contributed by atoms with E-state index >= 15 is 4.79 Å². The number of carboxylic acid groups (broad SMARTS) is 1. The van der Waals surface area contributed by atoms with Crippen molar-refractivity contribution in [3.63, 3.8) is 0 Å². The van der Waals surface area contributed by atoms with E-state index in [1.54, 1.807) is 24.3 Å². The molecule has 3 aromatic rings. The van der Waals surface area contributed by atoms with Gasteiger partial charge in [-0.15, -0.1) is 0 Å². The van der Waals surface area contributed by atoms with Gasteiger partial charge in [0, 0.05) is 23.3 Å². The summed E-state index contributed by atoms with van der Waals surface area (Å²) in [4.78, 5) is 62.8. The second-order valence-electron chi connectivity index (χ2n) is 17.7. The second-order valence-corrected chi connectivity index (χ2v) is 19.6. The molecule has 62 heavy (non-hydrogen) atoms. The molecular formula is C44H52F3N5O9S. The van der Waals surface area contributed by atoms with Crippen molar-refractivity contribution in [2.45, 2.75) is 113 Å². The number of hydrogen-bond donors (Lipinski definition) is 3. The Labute approximate surface area is 358 Å². The van der Waals surface area contributed by atoms with E-state index in [4.69, 9.17) is 14.5 Å². The van der Waals surface area contributed by atoms with Crippen molar-refractivity contribution in [1.82, 2.24) is 24.8 Å². The van der Waals surface area contributed by atoms with Gasteiger partial charge in [0.1, 0.15) is 35.0 Å². The number of carbonyl (C=O) groups is 4. The lowest BCUT2D eigenvalue weighted by Gasteiger charge is -2.45. The lowest BCUT2D eigenvalue weighted by molar-refractivity contribution is -0.222. The molecule has 0 bridgehead atoms. The van der Waals surface area contributed by atoms with E-state index in [2.05, 4.69) is 10.0 Å². The molecule has 0 spiro atoms. The molecular weight excluding hydrogens is 832 g/mol. The van der Waals surface area contributed by atoms with E-state index in [1.165, 1.54) is 14.0 Å². The van der Waals surface area contributed by atoms with Gasteiger partial charge in [0.2, 0.25) is 27.7 Å². The van der Waals surface area contributed by atoms with E-state index in [0.717, 1.165) is 10.5 Å². The van der Waals surface area contributed by atoms with Crippen molar-refractivity contribution < 1.29 is 55.3 Å². The van der Waals surface area contributed by atoms with Crippen molar-refractivity contribution in [2.75, 3.05) is 13.7 Å². The van der Waals surface area contributed by atoms with Crippen molar-refractivity contribution >= 4 is 44.6 Å². The van der Waals surface area contributed by atoms with Gasteiger partial charge in [0.25, 0.3) is 5.91 Å². The highest BCUT2D eigenvalue weighted by Crippen LogP contribution is 2.47. The average molecular weight is 884 g/mol. The molecule has 1 saturated heterocycles. The molecule has 2 aliphatic carbocycles. The number of fused-ring (bicyclic) bond motifs is 3. The number of aromatic nitrogens is 1. The van der Waals surface area contributed by atoms with Crippen molar-refractivity contribution in [1.29, 1.82) is 0 Å². The number of hydrogen-bond acceptors (Lipinski definition) is 9. The van der Waals surface area contributed by atoms with Crippen LogP contribution in [0.1, 0.15) is 72.6 Å². The maximum Gasteiger partial charge on any atom is 0.411 e. The first kappa shape index (κ1) is 44.7. The van der Waals surface area contributed by atoms with Crippen LogP contribution in [0.2, 0.25) is 0 Å². The van der Waals surface area contributed by atoms with Crippen molar-refractivity contribution in [2.24, 2.45) is 17.8 Å². The second kappa shape index (κ2) is 16.7. The predicted molar refractivity (Wildman–Crippen MR) is 222 cm³/mol. The fourth-order valence-electron chi connectivity index (χ4n) is 8.82. The van der Waals surface area contributed by atoms with Gasteiger partial charge in [0.15, 0.2) is 0 Å². The Morgan fingerprint density at radius 2 is 1.74 bits per heavy atom. The number of rotatable bonds is 9. The summed E-state index contributed by atoms with van der Waals surface area (Å²) in [6, 6.07) is 12.9. The number of nitrogens with zero attached hydrogens (tertiary/aromatic N) is 3. The Bertz CT molecular complexity index is 2380. The first-order valence-electron chi connectivity index (χ1n) is 20.8. The third-order valence-corrected chi connectivity index (χ3v) is 14.5. The normalized spacial score (nSPS) is 27.8. The van der Waals surface area contributed by atoms with Gasteiger partial charge < -0.3 is 24.8 Å². The topological polar surface area (TPSA) is 185 Å². The summed E-state index contributed by atoms with van der Waals surface area (Å²) < 4.78 is 84.5. The molecule has 2 aromatic carbocycles. The lowest BCUT2D eigenvalue weighted by atomic mass is 9.85. The smallest absolute Gasteiger partial charge is 0.411 e. The number of methoxy groups -OCH3 is 1. The number of benzene rings is 2. The maximum absolute atomic E-state index is 15.2. The van der Waals surface area contributed by atoms with Crippen LogP contribution in [0.25, 0.3) is 22.0 Å². The molecule has 0 radical (unpaired) electrons. The van der Waals surface area contributed by atoms with Crippen LogP contribution in [-0.2, 0) is 24.4 Å². The van der Waals surface area contributed by atoms with Crippen LogP contribution in [-0.4, -0.2) is 106 Å². The summed E-state index contributed by atoms with van der Waals surface area (Å²) in [5.74, 6) is -3.95. The fraction of sp³-hybridized carbons (Fsp3) is 0.523. The van der Waals surface area contributed by atoms with Gasteiger partial charge in [-0.2, -0.15) is 13.2 Å². The quantitative estimate of drug-likeness (QED) is 0.202. The Kier molecular flexibility index (Phi) is 12.0. The zero-order valence-corrected chi connectivity index (χ0v) is 36.0. The van der Waals surface area contributed by atoms with Crippen molar-refractivity contribution in [3.05, 3.63) is 66.7 Å². The molecule has 18 heteroatoms. The number of nitrogens with one attached hydrogen (secondary N) is 2. The number of alkyl halides is 3. The predicted octanol–water partition coefficient (Wildman–Crippen LogP) is 6.44. The molecule has 0 unspecified atom stereocenters. The molecule has 334 valence electrons. The molecule has 4 amide bonds. The minimum Gasteiger partial charge on any atom is -0.497 e. The van der Waals surface area contributed by atoms with Gasteiger partial charge in [-0.05, 0) is 93.9 Å². The monoisotopic (exact) mass is 883 g/mol. The third-order valence-electron chi connectivity index (χ3n) is 12.7. The number of pyridine rings is 1. The van der Waals surface area contributed by atoms with Gasteiger partial charge in [0.05, 0.1) is 24.6 Å². The number of halogens is 3. The Morgan fingerprint density at radius 1 is 1.03 bits per heavy atom. The lowest BCUT2D eigenvalue weighted by Crippen LogP contribution is -2.66. The van der Waals surface area contributed by atoms with Gasteiger partial charge in [-0.1, -0.05) is 56.3 Å². The number of allylic oxidation sites excluding steroid dienone is 1. The molecule has 1 aromatic heterocycles. The maximum atomic E-state index is 15.2. The molecule has 3 fully saturated rings. The Balaban J connectivity index is 1.32. The summed E-state index contributed by atoms with van der Waals surface area (Å²) in [5.41, 5.74) is -3.48. The zero-order chi connectivity index (χ0) is 44.9. The van der Waals surface area contributed by atoms with E-state index < -0.39 is 86.4 Å². The minimum absolute atomic E-state index is 0.0509. The summed E-state index contributed by atoms with van der Waals surface area (Å²) in [7, 11) is -2.51. The first-order valence-corrected chi connectivity index (χ1v) is 22.4. The fourth-order valence-corrected chi connectivity index (χ4v) is 10.2. The van der Waals surface area contributed by atoms with Crippen LogP contribution in [0.3, 0.4) is 0 Å². The average Bonchev–Trinajstić information content (AvgIpc) is 4.14. The van der Waals surface area contributed by atoms with Crippen LogP contribution < -0.4 is 19.5 Å². The minimum atomic E-state index is -5.10. The number of sulfonamides is 1. The van der Waals surface area contributed by atoms with E-state index in [0.29, 0.717) is 61.7 Å². The summed E-state index contributed by atoms with van der Waals surface area (Å²) >= 11 is 0. The SMILES string of the molecule is COc1ccc2c(O[C@@H]3C[C@H]4C(=O)N[C@]5(C(=O)NS(=O)(=O)C6CC6)C[C@H]5/C=C\CC[C@H](C)C[C@@H](C)[C@H](N(C(=O)O)C(C)(C)C(F)(F)F)C(=O)N4C3)nc(-c3ccccc3)cc2c1. The first-order chi connectivity index (χ1) is 29.2. The Morgan fingerprint density at radius 3 is 2.39 bits per heavy atom. The van der Waals surface area contributed by atoms with Crippen LogP contribution in [0.4, 0.5) is 18.0 Å². The van der Waals surface area contributed by atoms with Crippen LogP contribution in [0, 0.1) is 17.8 Å². The largest absolute Gasteiger partial charge is 0.497 e. The van der Waals surface area contributed by atoms with E-state index in [9.17, 15) is 41.1 Å². The number of ether oxygens (including phenoxy) is 2. The van der Waals surface area contributed by atoms with Crippen LogP contribution in [0.5, 0.6) is 11.6 Å². The zero-order valence-electron chi connectivity index (χ0n) is 35.1. The van der Waals surface area contributed by atoms with Gasteiger partial charge in [-0.25, -0.2) is 18.2 Å². The molecule has 4 aliphatic rings. The molecule has 2 saturated carbocycles. The molecule has 14 nitrogen and oxygen atoms in total. The van der Waals surface area contributed by atoms with Crippen molar-refractivity contribution in [3.8, 4) is 22.9 Å². The summed E-state index contributed by atoms with van der Waals surface area (Å²) in [5, 5.41) is 13.8.